The second-order valence-electron chi connectivity index (χ2n) is 4.83. The minimum Gasteiger partial charge on any atom is -0.305 e. The summed E-state index contributed by atoms with van der Waals surface area (Å²) in [6.45, 7) is 0. The molecule has 1 radical (unpaired) electrons. The summed E-state index contributed by atoms with van der Waals surface area (Å²) in [4.78, 5) is 4.12. The Bertz CT molecular complexity index is 849. The van der Waals surface area contributed by atoms with Crippen LogP contribution in [-0.2, 0) is 20.1 Å². The van der Waals surface area contributed by atoms with E-state index < -0.39 is 0 Å². The van der Waals surface area contributed by atoms with Crippen LogP contribution < -0.4 is 0 Å². The van der Waals surface area contributed by atoms with Crippen molar-refractivity contribution in [2.75, 3.05) is 0 Å². The van der Waals surface area contributed by atoms with Gasteiger partial charge < -0.3 is 4.98 Å². The normalized spacial score (nSPS) is 9.48. The summed E-state index contributed by atoms with van der Waals surface area (Å²) in [5.41, 5.74) is 2.59. The molecule has 0 aliphatic rings. The standard InChI is InChI=1S/C11H7FN.C9H7N2.Ir/c12-10-6-4-9(5-7-10)11-3-1-2-8-13-11;1-2-5-9(6-3-1)11-8-4-7-10-11;/h1-4,6-8H;1-5,7-8H;/q2*-1;. The summed E-state index contributed by atoms with van der Waals surface area (Å²) < 4.78 is 14.3. The van der Waals surface area contributed by atoms with Gasteiger partial charge >= 0.3 is 0 Å². The van der Waals surface area contributed by atoms with Gasteiger partial charge in [-0.2, -0.15) is 29.4 Å². The number of hydrogen-bond acceptors (Lipinski definition) is 2. The Morgan fingerprint density at radius 1 is 0.880 bits per heavy atom. The second kappa shape index (κ2) is 9.62. The number of para-hydroxylation sites is 1. The molecule has 0 saturated carbocycles. The van der Waals surface area contributed by atoms with Crippen molar-refractivity contribution in [2.24, 2.45) is 0 Å². The third-order valence-electron chi connectivity index (χ3n) is 3.16. The largest absolute Gasteiger partial charge is 0.305 e. The quantitative estimate of drug-likeness (QED) is 0.378. The predicted molar refractivity (Wildman–Crippen MR) is 90.9 cm³/mol. The third-order valence-corrected chi connectivity index (χ3v) is 3.16. The fraction of sp³-hybridized carbons (Fsp3) is 0. The predicted octanol–water partition coefficient (Wildman–Crippen LogP) is 4.36. The zero-order valence-electron chi connectivity index (χ0n) is 13.1. The van der Waals surface area contributed by atoms with Crippen LogP contribution in [0.4, 0.5) is 4.39 Å². The second-order valence-corrected chi connectivity index (χ2v) is 4.83. The van der Waals surface area contributed by atoms with Gasteiger partial charge in [-0.15, -0.1) is 35.9 Å². The fourth-order valence-electron chi connectivity index (χ4n) is 2.02. The molecule has 0 N–H and O–H groups in total. The van der Waals surface area contributed by atoms with Gasteiger partial charge in [0.1, 0.15) is 0 Å². The molecular weight excluding hydrogens is 493 g/mol. The first kappa shape index (κ1) is 18.7. The van der Waals surface area contributed by atoms with Gasteiger partial charge in [-0.3, -0.25) is 9.07 Å². The van der Waals surface area contributed by atoms with Gasteiger partial charge in [-0.05, 0) is 23.5 Å². The Morgan fingerprint density at radius 2 is 1.76 bits per heavy atom. The molecular formula is C20H14FIrN3-2. The molecule has 0 atom stereocenters. The van der Waals surface area contributed by atoms with Crippen LogP contribution in [0.2, 0.25) is 0 Å². The van der Waals surface area contributed by atoms with E-state index in [2.05, 4.69) is 22.2 Å². The third kappa shape index (κ3) is 5.45. The Balaban J connectivity index is 0.000000175. The molecule has 0 amide bonds. The molecule has 0 aliphatic carbocycles. The molecule has 4 aromatic rings. The van der Waals surface area contributed by atoms with Crippen LogP contribution in [0.1, 0.15) is 0 Å². The molecule has 25 heavy (non-hydrogen) atoms. The maximum absolute atomic E-state index is 12.6. The number of rotatable bonds is 2. The van der Waals surface area contributed by atoms with Crippen molar-refractivity contribution >= 4 is 0 Å². The number of aromatic nitrogens is 3. The zero-order valence-corrected chi connectivity index (χ0v) is 15.5. The van der Waals surface area contributed by atoms with E-state index >= 15 is 0 Å². The summed E-state index contributed by atoms with van der Waals surface area (Å²) in [6.07, 6.45) is 5.35. The van der Waals surface area contributed by atoms with Crippen LogP contribution in [0.25, 0.3) is 16.9 Å². The van der Waals surface area contributed by atoms with Crippen molar-refractivity contribution in [3.63, 3.8) is 0 Å². The van der Waals surface area contributed by atoms with Crippen LogP contribution in [0.5, 0.6) is 0 Å². The van der Waals surface area contributed by atoms with Crippen molar-refractivity contribution in [1.82, 2.24) is 14.8 Å². The maximum atomic E-state index is 12.6. The molecule has 0 spiro atoms. The first-order valence-electron chi connectivity index (χ1n) is 7.38. The van der Waals surface area contributed by atoms with Gasteiger partial charge in [0.2, 0.25) is 0 Å². The maximum Gasteiger partial charge on any atom is 0.0493 e. The smallest absolute Gasteiger partial charge is 0.0493 e. The van der Waals surface area contributed by atoms with Crippen LogP contribution >= 0.6 is 0 Å². The molecule has 5 heteroatoms. The van der Waals surface area contributed by atoms with Gasteiger partial charge in [0.05, 0.1) is 0 Å². The number of nitrogens with zero attached hydrogens (tertiary/aromatic N) is 3. The number of hydrogen-bond donors (Lipinski definition) is 0. The van der Waals surface area contributed by atoms with Crippen LogP contribution in [0.15, 0.2) is 85.3 Å². The molecule has 127 valence electrons. The van der Waals surface area contributed by atoms with Gasteiger partial charge in [0.15, 0.2) is 0 Å². The first-order chi connectivity index (χ1) is 11.8. The topological polar surface area (TPSA) is 30.7 Å². The number of benzene rings is 2. The molecule has 4 rings (SSSR count). The average Bonchev–Trinajstić information content (AvgIpc) is 3.19. The monoisotopic (exact) mass is 508 g/mol. The van der Waals surface area contributed by atoms with Crippen molar-refractivity contribution in [3.8, 4) is 16.9 Å². The van der Waals surface area contributed by atoms with E-state index in [1.807, 2.05) is 54.7 Å². The van der Waals surface area contributed by atoms with Crippen molar-refractivity contribution < 1.29 is 24.5 Å². The molecule has 3 nitrogen and oxygen atoms in total. The molecule has 0 unspecified atom stereocenters. The van der Waals surface area contributed by atoms with Crippen LogP contribution in [0.3, 0.4) is 0 Å². The van der Waals surface area contributed by atoms with Gasteiger partial charge in [0, 0.05) is 44.5 Å². The van der Waals surface area contributed by atoms with E-state index in [4.69, 9.17) is 0 Å². The Kier molecular flexibility index (Phi) is 7.20. The van der Waals surface area contributed by atoms with E-state index in [1.54, 1.807) is 23.1 Å². The summed E-state index contributed by atoms with van der Waals surface area (Å²) >= 11 is 0. The van der Waals surface area contributed by atoms with E-state index in [-0.39, 0.29) is 25.9 Å². The molecule has 0 aliphatic heterocycles. The van der Waals surface area contributed by atoms with E-state index in [0.29, 0.717) is 0 Å². The molecule has 2 aromatic heterocycles. The van der Waals surface area contributed by atoms with Crippen molar-refractivity contribution in [2.45, 2.75) is 0 Å². The first-order valence-corrected chi connectivity index (χ1v) is 7.38. The summed E-state index contributed by atoms with van der Waals surface area (Å²) in [6, 6.07) is 25.5. The molecule has 0 bridgehead atoms. The Hall–Kier alpha value is -2.62. The fourth-order valence-corrected chi connectivity index (χ4v) is 2.02. The summed E-state index contributed by atoms with van der Waals surface area (Å²) in [7, 11) is 0. The Labute approximate surface area is 159 Å². The summed E-state index contributed by atoms with van der Waals surface area (Å²) in [5.74, 6) is -0.278. The molecule has 2 heterocycles. The van der Waals surface area contributed by atoms with Gasteiger partial charge in [-0.1, -0.05) is 12.1 Å². The van der Waals surface area contributed by atoms with Crippen molar-refractivity contribution in [1.29, 1.82) is 0 Å². The molecule has 2 aromatic carbocycles. The van der Waals surface area contributed by atoms with Crippen molar-refractivity contribution in [3.05, 3.63) is 103 Å². The number of pyridine rings is 1. The summed E-state index contributed by atoms with van der Waals surface area (Å²) in [5, 5.41) is 4.07. The average molecular weight is 508 g/mol. The minimum absolute atomic E-state index is 0. The molecule has 0 saturated heterocycles. The molecule has 0 fully saturated rings. The zero-order chi connectivity index (χ0) is 16.6. The van der Waals surface area contributed by atoms with E-state index in [0.717, 1.165) is 16.9 Å². The van der Waals surface area contributed by atoms with Gasteiger partial charge in [0.25, 0.3) is 0 Å². The Morgan fingerprint density at radius 3 is 2.36 bits per heavy atom. The SMILES string of the molecule is Fc1c[c-]c(-c2ccccn2)cc1.[Ir].[c-]1ccccc1-n1cccn1. The minimum atomic E-state index is -0.278. The van der Waals surface area contributed by atoms with E-state index in [1.165, 1.54) is 12.1 Å². The number of halogens is 1. The van der Waals surface area contributed by atoms with Crippen LogP contribution in [-0.4, -0.2) is 14.8 Å². The van der Waals surface area contributed by atoms with Gasteiger partial charge in [-0.25, -0.2) is 0 Å². The van der Waals surface area contributed by atoms with Crippen LogP contribution in [0, 0.1) is 17.9 Å². The van der Waals surface area contributed by atoms with E-state index in [9.17, 15) is 4.39 Å².